The molecule has 19 heavy (non-hydrogen) atoms. The average molecular weight is 261 g/mol. The second-order valence-corrected chi connectivity index (χ2v) is 4.14. The number of hydrogen-bond donors (Lipinski definition) is 1. The quantitative estimate of drug-likeness (QED) is 0.523. The van der Waals surface area contributed by atoms with Gasteiger partial charge in [-0.15, -0.1) is 0 Å². The summed E-state index contributed by atoms with van der Waals surface area (Å²) < 4.78 is 5.28. The molecular formula is C14H15NO4. The van der Waals surface area contributed by atoms with Crippen molar-refractivity contribution < 1.29 is 14.4 Å². The van der Waals surface area contributed by atoms with Crippen LogP contribution < -0.4 is 5.63 Å². The SMILES string of the molecule is CCC(=NOC)c1c(O)c2cccc(C)c2oc1=O. The number of hydrogen-bond acceptors (Lipinski definition) is 5. The summed E-state index contributed by atoms with van der Waals surface area (Å²) in [5.41, 5.74) is 0.983. The van der Waals surface area contributed by atoms with Crippen LogP contribution in [0.2, 0.25) is 0 Å². The first kappa shape index (κ1) is 13.1. The highest BCUT2D eigenvalue weighted by Crippen LogP contribution is 2.28. The number of aromatic hydroxyl groups is 1. The van der Waals surface area contributed by atoms with E-state index < -0.39 is 5.63 Å². The predicted molar refractivity (Wildman–Crippen MR) is 72.7 cm³/mol. The van der Waals surface area contributed by atoms with Gasteiger partial charge in [0.25, 0.3) is 0 Å². The third-order valence-corrected chi connectivity index (χ3v) is 2.93. The van der Waals surface area contributed by atoms with Gasteiger partial charge in [-0.2, -0.15) is 0 Å². The highest BCUT2D eigenvalue weighted by atomic mass is 16.6. The molecule has 0 saturated heterocycles. The molecule has 100 valence electrons. The number of aryl methyl sites for hydroxylation is 1. The lowest BCUT2D eigenvalue weighted by atomic mass is 10.0. The van der Waals surface area contributed by atoms with Crippen molar-refractivity contribution in [3.05, 3.63) is 39.7 Å². The van der Waals surface area contributed by atoms with E-state index in [0.29, 0.717) is 23.1 Å². The van der Waals surface area contributed by atoms with Crippen LogP contribution in [0.15, 0.2) is 32.6 Å². The Morgan fingerprint density at radius 1 is 1.47 bits per heavy atom. The normalized spacial score (nSPS) is 11.8. The van der Waals surface area contributed by atoms with Crippen molar-refractivity contribution in [1.29, 1.82) is 0 Å². The molecule has 0 atom stereocenters. The molecule has 2 aromatic rings. The molecule has 0 radical (unpaired) electrons. The Bertz CT molecular complexity index is 700. The molecule has 0 aliphatic heterocycles. The average Bonchev–Trinajstić information content (AvgIpc) is 2.39. The van der Waals surface area contributed by atoms with Crippen LogP contribution in [0, 0.1) is 6.92 Å². The van der Waals surface area contributed by atoms with Crippen LogP contribution in [0.3, 0.4) is 0 Å². The number of fused-ring (bicyclic) bond motifs is 1. The van der Waals surface area contributed by atoms with Crippen molar-refractivity contribution in [3.8, 4) is 5.75 Å². The van der Waals surface area contributed by atoms with Gasteiger partial charge < -0.3 is 14.4 Å². The molecule has 1 N–H and O–H groups in total. The first-order valence-electron chi connectivity index (χ1n) is 5.96. The Morgan fingerprint density at radius 2 is 2.21 bits per heavy atom. The molecule has 0 amide bonds. The zero-order valence-electron chi connectivity index (χ0n) is 11.1. The van der Waals surface area contributed by atoms with Crippen molar-refractivity contribution in [2.24, 2.45) is 5.16 Å². The topological polar surface area (TPSA) is 72.0 Å². The summed E-state index contributed by atoms with van der Waals surface area (Å²) >= 11 is 0. The summed E-state index contributed by atoms with van der Waals surface area (Å²) in [5.74, 6) is -0.118. The second kappa shape index (κ2) is 5.14. The maximum Gasteiger partial charge on any atom is 0.349 e. The van der Waals surface area contributed by atoms with Crippen LogP contribution in [0.1, 0.15) is 24.5 Å². The van der Waals surface area contributed by atoms with Crippen molar-refractivity contribution >= 4 is 16.7 Å². The molecule has 0 unspecified atom stereocenters. The van der Waals surface area contributed by atoms with Crippen molar-refractivity contribution in [3.63, 3.8) is 0 Å². The van der Waals surface area contributed by atoms with Crippen LogP contribution in [-0.4, -0.2) is 17.9 Å². The molecule has 0 saturated carbocycles. The Kier molecular flexibility index (Phi) is 3.55. The third kappa shape index (κ3) is 2.19. The van der Waals surface area contributed by atoms with Gasteiger partial charge in [0.05, 0.1) is 11.1 Å². The minimum absolute atomic E-state index is 0.0578. The summed E-state index contributed by atoms with van der Waals surface area (Å²) in [4.78, 5) is 16.7. The van der Waals surface area contributed by atoms with Crippen molar-refractivity contribution in [2.75, 3.05) is 7.11 Å². The molecule has 1 aromatic heterocycles. The van der Waals surface area contributed by atoms with Crippen LogP contribution in [0.25, 0.3) is 11.0 Å². The Morgan fingerprint density at radius 3 is 2.84 bits per heavy atom. The van der Waals surface area contributed by atoms with E-state index in [2.05, 4.69) is 5.16 Å². The van der Waals surface area contributed by atoms with Crippen LogP contribution >= 0.6 is 0 Å². The van der Waals surface area contributed by atoms with Crippen molar-refractivity contribution in [2.45, 2.75) is 20.3 Å². The zero-order valence-corrected chi connectivity index (χ0v) is 11.1. The lowest BCUT2D eigenvalue weighted by Crippen LogP contribution is -2.15. The summed E-state index contributed by atoms with van der Waals surface area (Å²) in [6.45, 7) is 3.63. The Hall–Kier alpha value is -2.30. The Balaban J connectivity index is 2.84. The summed E-state index contributed by atoms with van der Waals surface area (Å²) in [7, 11) is 1.39. The summed E-state index contributed by atoms with van der Waals surface area (Å²) in [6.07, 6.45) is 0.448. The maximum atomic E-state index is 12.0. The molecule has 1 heterocycles. The smallest absolute Gasteiger partial charge is 0.349 e. The summed E-state index contributed by atoms with van der Waals surface area (Å²) in [6, 6.07) is 5.30. The lowest BCUT2D eigenvalue weighted by molar-refractivity contribution is 0.212. The fourth-order valence-corrected chi connectivity index (χ4v) is 2.00. The van der Waals surface area contributed by atoms with E-state index in [-0.39, 0.29) is 11.3 Å². The zero-order chi connectivity index (χ0) is 14.0. The summed E-state index contributed by atoms with van der Waals surface area (Å²) in [5, 5.41) is 14.5. The number of benzene rings is 1. The van der Waals surface area contributed by atoms with E-state index in [1.165, 1.54) is 7.11 Å². The number of rotatable bonds is 3. The van der Waals surface area contributed by atoms with Gasteiger partial charge in [-0.3, -0.25) is 0 Å². The fraction of sp³-hybridized carbons (Fsp3) is 0.286. The van der Waals surface area contributed by atoms with Gasteiger partial charge in [-0.25, -0.2) is 4.79 Å². The van der Waals surface area contributed by atoms with E-state index in [4.69, 9.17) is 9.25 Å². The second-order valence-electron chi connectivity index (χ2n) is 4.14. The van der Waals surface area contributed by atoms with E-state index >= 15 is 0 Å². The monoisotopic (exact) mass is 261 g/mol. The number of para-hydroxylation sites is 1. The van der Waals surface area contributed by atoms with Crippen LogP contribution in [0.4, 0.5) is 0 Å². The highest BCUT2D eigenvalue weighted by Gasteiger charge is 2.19. The van der Waals surface area contributed by atoms with Gasteiger partial charge in [0.2, 0.25) is 0 Å². The van der Waals surface area contributed by atoms with Crippen molar-refractivity contribution in [1.82, 2.24) is 0 Å². The van der Waals surface area contributed by atoms with Crippen LogP contribution in [0.5, 0.6) is 5.75 Å². The van der Waals surface area contributed by atoms with Gasteiger partial charge in [-0.1, -0.05) is 24.2 Å². The fourth-order valence-electron chi connectivity index (χ4n) is 2.00. The number of oxime groups is 1. The highest BCUT2D eigenvalue weighted by molar-refractivity contribution is 6.05. The van der Waals surface area contributed by atoms with Gasteiger partial charge in [-0.05, 0) is 25.0 Å². The standard InChI is InChI=1S/C14H15NO4/c1-4-10(15-18-3)11-12(16)9-7-5-6-8(2)13(9)19-14(11)17/h5-7,16H,4H2,1-3H3. The van der Waals surface area contributed by atoms with Gasteiger partial charge >= 0.3 is 5.63 Å². The van der Waals surface area contributed by atoms with Crippen LogP contribution in [-0.2, 0) is 4.84 Å². The molecule has 0 bridgehead atoms. The number of nitrogens with zero attached hydrogens (tertiary/aromatic N) is 1. The first-order chi connectivity index (χ1) is 9.10. The van der Waals surface area contributed by atoms with Gasteiger partial charge in [0, 0.05) is 0 Å². The first-order valence-corrected chi connectivity index (χ1v) is 5.96. The molecule has 5 heteroatoms. The maximum absolute atomic E-state index is 12.0. The molecule has 1 aromatic carbocycles. The lowest BCUT2D eigenvalue weighted by Gasteiger charge is -2.08. The predicted octanol–water partition coefficient (Wildman–Crippen LogP) is 2.57. The molecule has 0 spiro atoms. The van der Waals surface area contributed by atoms with Gasteiger partial charge in [0.15, 0.2) is 0 Å². The molecule has 0 aliphatic rings. The Labute approximate surface area is 110 Å². The minimum Gasteiger partial charge on any atom is -0.506 e. The van der Waals surface area contributed by atoms with E-state index in [9.17, 15) is 9.90 Å². The molecule has 2 rings (SSSR count). The van der Waals surface area contributed by atoms with E-state index in [0.717, 1.165) is 5.56 Å². The molecule has 0 fully saturated rings. The molecular weight excluding hydrogens is 246 g/mol. The molecule has 5 nitrogen and oxygen atoms in total. The third-order valence-electron chi connectivity index (χ3n) is 2.93. The van der Waals surface area contributed by atoms with Gasteiger partial charge in [0.1, 0.15) is 24.0 Å². The minimum atomic E-state index is -0.614. The molecule has 0 aliphatic carbocycles. The largest absolute Gasteiger partial charge is 0.506 e. The van der Waals surface area contributed by atoms with E-state index in [1.807, 2.05) is 19.9 Å². The van der Waals surface area contributed by atoms with E-state index in [1.54, 1.807) is 12.1 Å².